The molecule has 0 aliphatic carbocycles. The molecule has 88 valence electrons. The number of halogens is 1. The van der Waals surface area contributed by atoms with Gasteiger partial charge in [-0.05, 0) is 19.1 Å². The van der Waals surface area contributed by atoms with E-state index in [1.165, 1.54) is 12.1 Å². The second-order valence-corrected chi connectivity index (χ2v) is 5.43. The summed E-state index contributed by atoms with van der Waals surface area (Å²) in [5.41, 5.74) is 0.869. The molecule has 1 rings (SSSR count). The fourth-order valence-electron chi connectivity index (χ4n) is 1.11. The molecular weight excluding hydrogens is 235 g/mol. The van der Waals surface area contributed by atoms with E-state index in [4.69, 9.17) is 5.11 Å². The number of benzene rings is 1. The molecule has 0 aliphatic heterocycles. The third kappa shape index (κ3) is 3.03. The van der Waals surface area contributed by atoms with Crippen LogP contribution in [0.15, 0.2) is 29.2 Å². The number of hydrogen-bond acceptors (Lipinski definition) is 3. The van der Waals surface area contributed by atoms with Crippen LogP contribution in [-0.4, -0.2) is 31.4 Å². The second kappa shape index (κ2) is 4.61. The quantitative estimate of drug-likeness (QED) is 0.866. The predicted octanol–water partition coefficient (Wildman–Crippen LogP) is 1.19. The van der Waals surface area contributed by atoms with E-state index in [9.17, 15) is 17.6 Å². The summed E-state index contributed by atoms with van der Waals surface area (Å²) in [6, 6.07) is 5.81. The number of rotatable bonds is 4. The lowest BCUT2D eigenvalue weighted by atomic mass is 10.2. The minimum Gasteiger partial charge on any atom is -0.479 e. The number of aliphatic carboxylic acids is 1. The highest BCUT2D eigenvalue weighted by molar-refractivity contribution is 7.91. The van der Waals surface area contributed by atoms with Crippen LogP contribution >= 0.6 is 0 Å². The summed E-state index contributed by atoms with van der Waals surface area (Å²) in [4.78, 5) is 10.2. The van der Waals surface area contributed by atoms with Gasteiger partial charge in [0.05, 0.1) is 10.6 Å². The average molecular weight is 246 g/mol. The third-order valence-corrected chi connectivity index (χ3v) is 3.74. The van der Waals surface area contributed by atoms with Gasteiger partial charge in [0.1, 0.15) is 0 Å². The lowest BCUT2D eigenvalue weighted by Gasteiger charge is -2.05. The Morgan fingerprint density at radius 2 is 1.88 bits per heavy atom. The number of alkyl halides is 1. The predicted molar refractivity (Wildman–Crippen MR) is 55.8 cm³/mol. The Kier molecular flexibility index (Phi) is 3.64. The number of sulfone groups is 1. The number of hydrogen-bond donors (Lipinski definition) is 1. The SMILES string of the molecule is Cc1ccc(S(=O)(=O)CC(F)C(=O)O)cc1. The molecule has 1 N–H and O–H groups in total. The van der Waals surface area contributed by atoms with E-state index < -0.39 is 27.7 Å². The number of carboxylic acids is 1. The molecule has 0 aromatic heterocycles. The molecule has 0 fully saturated rings. The van der Waals surface area contributed by atoms with E-state index in [-0.39, 0.29) is 4.90 Å². The molecule has 0 aliphatic rings. The number of aryl methyl sites for hydroxylation is 1. The second-order valence-electron chi connectivity index (χ2n) is 3.40. The minimum absolute atomic E-state index is 0.0676. The molecule has 1 aromatic carbocycles. The first-order valence-electron chi connectivity index (χ1n) is 4.49. The van der Waals surface area contributed by atoms with Crippen molar-refractivity contribution in [2.45, 2.75) is 18.0 Å². The average Bonchev–Trinajstić information content (AvgIpc) is 2.17. The zero-order valence-corrected chi connectivity index (χ0v) is 9.37. The van der Waals surface area contributed by atoms with Crippen molar-refractivity contribution in [3.8, 4) is 0 Å². The molecule has 0 saturated heterocycles. The molecule has 6 heteroatoms. The van der Waals surface area contributed by atoms with Gasteiger partial charge in [-0.3, -0.25) is 0 Å². The van der Waals surface area contributed by atoms with Gasteiger partial charge in [-0.2, -0.15) is 0 Å². The Bertz CT molecular complexity index is 478. The van der Waals surface area contributed by atoms with E-state index in [1.54, 1.807) is 19.1 Å². The highest BCUT2D eigenvalue weighted by atomic mass is 32.2. The molecule has 0 saturated carbocycles. The van der Waals surface area contributed by atoms with Crippen molar-refractivity contribution in [3.05, 3.63) is 29.8 Å². The zero-order chi connectivity index (χ0) is 12.3. The van der Waals surface area contributed by atoms with Crippen molar-refractivity contribution in [1.29, 1.82) is 0 Å². The summed E-state index contributed by atoms with van der Waals surface area (Å²) in [6.07, 6.45) is -2.40. The summed E-state index contributed by atoms with van der Waals surface area (Å²) in [7, 11) is -3.88. The summed E-state index contributed by atoms with van der Waals surface area (Å²) < 4.78 is 35.9. The maximum atomic E-state index is 12.8. The fraction of sp³-hybridized carbons (Fsp3) is 0.300. The van der Waals surface area contributed by atoms with Gasteiger partial charge in [0.15, 0.2) is 9.84 Å². The molecule has 0 spiro atoms. The van der Waals surface area contributed by atoms with E-state index in [2.05, 4.69) is 0 Å². The third-order valence-electron chi connectivity index (χ3n) is 2.01. The Morgan fingerprint density at radius 1 is 1.38 bits per heavy atom. The smallest absolute Gasteiger partial charge is 0.339 e. The largest absolute Gasteiger partial charge is 0.479 e. The monoisotopic (exact) mass is 246 g/mol. The Labute approximate surface area is 92.6 Å². The topological polar surface area (TPSA) is 71.4 Å². The van der Waals surface area contributed by atoms with Gasteiger partial charge >= 0.3 is 5.97 Å². The van der Waals surface area contributed by atoms with Crippen LogP contribution in [0.25, 0.3) is 0 Å². The van der Waals surface area contributed by atoms with Crippen molar-refractivity contribution in [1.82, 2.24) is 0 Å². The lowest BCUT2D eigenvalue weighted by molar-refractivity contribution is -0.141. The van der Waals surface area contributed by atoms with Crippen LogP contribution < -0.4 is 0 Å². The summed E-state index contributed by atoms with van der Waals surface area (Å²) in [6.45, 7) is 1.78. The van der Waals surface area contributed by atoms with Crippen molar-refractivity contribution < 1.29 is 22.7 Å². The Morgan fingerprint density at radius 3 is 2.31 bits per heavy atom. The van der Waals surface area contributed by atoms with Gasteiger partial charge in [-0.25, -0.2) is 17.6 Å². The standard InChI is InChI=1S/C10H11FO4S/c1-7-2-4-8(5-3-7)16(14,15)6-9(11)10(12)13/h2-5,9H,6H2,1H3,(H,12,13). The van der Waals surface area contributed by atoms with E-state index in [1.807, 2.05) is 0 Å². The molecule has 0 heterocycles. The molecule has 0 amide bonds. The first-order valence-corrected chi connectivity index (χ1v) is 6.14. The van der Waals surface area contributed by atoms with Crippen LogP contribution in [-0.2, 0) is 14.6 Å². The van der Waals surface area contributed by atoms with Gasteiger partial charge in [0, 0.05) is 0 Å². The van der Waals surface area contributed by atoms with Crippen LogP contribution in [0.5, 0.6) is 0 Å². The molecule has 1 aromatic rings. The fourth-order valence-corrected chi connectivity index (χ4v) is 2.38. The van der Waals surface area contributed by atoms with Crippen molar-refractivity contribution in [2.24, 2.45) is 0 Å². The van der Waals surface area contributed by atoms with Crippen molar-refractivity contribution >= 4 is 15.8 Å². The van der Waals surface area contributed by atoms with Gasteiger partial charge in [0.25, 0.3) is 0 Å². The van der Waals surface area contributed by atoms with Gasteiger partial charge < -0.3 is 5.11 Å². The highest BCUT2D eigenvalue weighted by Gasteiger charge is 2.25. The highest BCUT2D eigenvalue weighted by Crippen LogP contribution is 2.14. The van der Waals surface area contributed by atoms with Crippen LogP contribution in [0.3, 0.4) is 0 Å². The van der Waals surface area contributed by atoms with Crippen LogP contribution in [0.2, 0.25) is 0 Å². The van der Waals surface area contributed by atoms with Crippen LogP contribution in [0.4, 0.5) is 4.39 Å². The number of carbonyl (C=O) groups is 1. The van der Waals surface area contributed by atoms with E-state index >= 15 is 0 Å². The van der Waals surface area contributed by atoms with Gasteiger partial charge in [-0.1, -0.05) is 17.7 Å². The molecule has 4 nitrogen and oxygen atoms in total. The molecule has 0 radical (unpaired) electrons. The minimum atomic E-state index is -3.88. The van der Waals surface area contributed by atoms with E-state index in [0.717, 1.165) is 5.56 Å². The summed E-state index contributed by atoms with van der Waals surface area (Å²) >= 11 is 0. The molecule has 0 bridgehead atoms. The van der Waals surface area contributed by atoms with Crippen molar-refractivity contribution in [2.75, 3.05) is 5.75 Å². The zero-order valence-electron chi connectivity index (χ0n) is 8.55. The molecule has 1 unspecified atom stereocenters. The summed E-state index contributed by atoms with van der Waals surface area (Å²) in [5, 5.41) is 8.30. The Hall–Kier alpha value is -1.43. The van der Waals surface area contributed by atoms with E-state index in [0.29, 0.717) is 0 Å². The summed E-state index contributed by atoms with van der Waals surface area (Å²) in [5.74, 6) is -2.80. The molecular formula is C10H11FO4S. The van der Waals surface area contributed by atoms with Gasteiger partial charge in [0.2, 0.25) is 6.17 Å². The van der Waals surface area contributed by atoms with Gasteiger partial charge in [-0.15, -0.1) is 0 Å². The normalized spacial score (nSPS) is 13.4. The maximum Gasteiger partial charge on any atom is 0.339 e. The first kappa shape index (κ1) is 12.6. The first-order chi connectivity index (χ1) is 7.33. The van der Waals surface area contributed by atoms with Crippen molar-refractivity contribution in [3.63, 3.8) is 0 Å². The lowest BCUT2D eigenvalue weighted by Crippen LogP contribution is -2.25. The molecule has 16 heavy (non-hydrogen) atoms. The molecule has 1 atom stereocenters. The van der Waals surface area contributed by atoms with Crippen LogP contribution in [0, 0.1) is 6.92 Å². The number of carboxylic acid groups (broad SMARTS) is 1. The maximum absolute atomic E-state index is 12.8. The van der Waals surface area contributed by atoms with Crippen LogP contribution in [0.1, 0.15) is 5.56 Å². The Balaban J connectivity index is 2.94.